The lowest BCUT2D eigenvalue weighted by Gasteiger charge is -2.30. The first-order chi connectivity index (χ1) is 13.0. The van der Waals surface area contributed by atoms with Crippen molar-refractivity contribution in [2.45, 2.75) is 37.5 Å². The van der Waals surface area contributed by atoms with Crippen LogP contribution in [0.2, 0.25) is 0 Å². The van der Waals surface area contributed by atoms with Crippen LogP contribution in [0.1, 0.15) is 28.8 Å². The summed E-state index contributed by atoms with van der Waals surface area (Å²) in [5.74, 6) is -3.54. The smallest absolute Gasteiger partial charge is 0.317 e. The van der Waals surface area contributed by atoms with Gasteiger partial charge in [0.25, 0.3) is 5.92 Å². The third kappa shape index (κ3) is 3.02. The highest BCUT2D eigenvalue weighted by Gasteiger charge is 2.81. The van der Waals surface area contributed by atoms with Crippen LogP contribution in [0.3, 0.4) is 0 Å². The minimum atomic E-state index is -2.75. The van der Waals surface area contributed by atoms with Gasteiger partial charge >= 0.3 is 6.03 Å². The fourth-order valence-electron chi connectivity index (χ4n) is 4.24. The number of amides is 2. The van der Waals surface area contributed by atoms with E-state index in [1.807, 2.05) is 12.3 Å². The topological polar surface area (TPSA) is 45.2 Å². The number of urea groups is 1. The van der Waals surface area contributed by atoms with Crippen LogP contribution in [-0.2, 0) is 18.3 Å². The number of hydrogen-bond acceptors (Lipinski definition) is 3. The molecular formula is C20H23F2N3OS. The van der Waals surface area contributed by atoms with Crippen molar-refractivity contribution in [2.24, 2.45) is 5.92 Å². The van der Waals surface area contributed by atoms with Gasteiger partial charge in [0.2, 0.25) is 0 Å². The summed E-state index contributed by atoms with van der Waals surface area (Å²) in [6.45, 7) is 3.00. The Bertz CT molecular complexity index is 826. The van der Waals surface area contributed by atoms with Gasteiger partial charge in [-0.2, -0.15) is 0 Å². The first-order valence-electron chi connectivity index (χ1n) is 9.38. The molecule has 4 rings (SSSR count). The zero-order valence-electron chi connectivity index (χ0n) is 15.3. The summed E-state index contributed by atoms with van der Waals surface area (Å²) in [4.78, 5) is 19.5. The Kier molecular flexibility index (Phi) is 4.66. The minimum Gasteiger partial charge on any atom is -0.338 e. The van der Waals surface area contributed by atoms with Crippen molar-refractivity contribution in [3.63, 3.8) is 0 Å². The fraction of sp³-hybridized carbons (Fsp3) is 0.500. The van der Waals surface area contributed by atoms with Gasteiger partial charge in [0.1, 0.15) is 0 Å². The molecule has 7 heteroatoms. The summed E-state index contributed by atoms with van der Waals surface area (Å²) in [5.41, 5.74) is -0.404. The number of likely N-dealkylation sites (tertiary alicyclic amines) is 1. The number of carbonyl (C=O) groups is 1. The predicted octanol–water partition coefficient (Wildman–Crippen LogP) is 3.87. The second kappa shape index (κ2) is 6.86. The number of nitrogens with one attached hydrogen (secondary N) is 1. The molecule has 2 unspecified atom stereocenters. The number of aromatic nitrogens is 1. The van der Waals surface area contributed by atoms with E-state index in [-0.39, 0.29) is 12.6 Å². The lowest BCUT2D eigenvalue weighted by molar-refractivity contribution is 0.0776. The van der Waals surface area contributed by atoms with Crippen LogP contribution in [0.5, 0.6) is 0 Å². The number of fused-ring (bicyclic) bond motifs is 1. The molecule has 2 aliphatic rings. The van der Waals surface area contributed by atoms with Gasteiger partial charge in [-0.15, -0.1) is 11.3 Å². The Labute approximate surface area is 161 Å². The Morgan fingerprint density at radius 3 is 2.81 bits per heavy atom. The maximum absolute atomic E-state index is 14.6. The number of alkyl halides is 2. The average molecular weight is 391 g/mol. The van der Waals surface area contributed by atoms with E-state index >= 15 is 0 Å². The average Bonchev–Trinajstić information content (AvgIpc) is 2.98. The van der Waals surface area contributed by atoms with Crippen molar-refractivity contribution in [3.8, 4) is 0 Å². The summed E-state index contributed by atoms with van der Waals surface area (Å²) >= 11 is 1.65. The van der Waals surface area contributed by atoms with Crippen LogP contribution < -0.4 is 5.32 Å². The normalized spacial score (nSPS) is 25.7. The van der Waals surface area contributed by atoms with E-state index < -0.39 is 17.3 Å². The van der Waals surface area contributed by atoms with Crippen LogP contribution in [0.4, 0.5) is 13.6 Å². The van der Waals surface area contributed by atoms with Crippen molar-refractivity contribution in [2.75, 3.05) is 19.6 Å². The van der Waals surface area contributed by atoms with E-state index in [0.717, 1.165) is 11.4 Å². The minimum absolute atomic E-state index is 0.102. The summed E-state index contributed by atoms with van der Waals surface area (Å²) in [5, 5.41) is 3.84. The molecule has 1 aliphatic heterocycles. The first kappa shape index (κ1) is 18.3. The Hall–Kier alpha value is -2.02. The number of carbonyl (C=O) groups excluding carboxylic acids is 1. The number of halogens is 2. The molecule has 0 spiro atoms. The molecule has 1 saturated carbocycles. The number of piperidine rings is 1. The zero-order valence-corrected chi connectivity index (χ0v) is 16.1. The van der Waals surface area contributed by atoms with E-state index in [4.69, 9.17) is 0 Å². The molecule has 0 radical (unpaired) electrons. The highest BCUT2D eigenvalue weighted by molar-refractivity contribution is 7.11. The maximum Gasteiger partial charge on any atom is 0.317 e. The highest BCUT2D eigenvalue weighted by Crippen LogP contribution is 2.70. The SMILES string of the molecule is CCc1cnc(CCNC(=O)N2CCC3(c4ccccc4)C(C2)C3(F)F)s1. The zero-order chi connectivity index (χ0) is 19.1. The van der Waals surface area contributed by atoms with E-state index in [1.165, 1.54) is 9.78 Å². The van der Waals surface area contributed by atoms with Crippen LogP contribution >= 0.6 is 11.3 Å². The van der Waals surface area contributed by atoms with Crippen LogP contribution in [0.25, 0.3) is 0 Å². The fourth-order valence-corrected chi connectivity index (χ4v) is 5.10. The molecule has 4 nitrogen and oxygen atoms in total. The molecule has 1 aromatic heterocycles. The number of rotatable bonds is 5. The molecule has 144 valence electrons. The second-order valence-electron chi connectivity index (χ2n) is 7.26. The van der Waals surface area contributed by atoms with E-state index in [9.17, 15) is 13.6 Å². The quantitative estimate of drug-likeness (QED) is 0.841. The number of thiazole rings is 1. The lowest BCUT2D eigenvalue weighted by Crippen LogP contribution is -2.46. The van der Waals surface area contributed by atoms with Crippen molar-refractivity contribution in [3.05, 3.63) is 52.0 Å². The molecule has 2 amide bonds. The van der Waals surface area contributed by atoms with Crippen LogP contribution in [0, 0.1) is 5.92 Å². The van der Waals surface area contributed by atoms with Gasteiger partial charge in [-0.05, 0) is 18.4 Å². The molecule has 2 fully saturated rings. The molecule has 2 heterocycles. The molecule has 2 atom stereocenters. The molecule has 2 aromatic rings. The number of aryl methyl sites for hydroxylation is 1. The molecule has 1 aromatic carbocycles. The molecule has 1 N–H and O–H groups in total. The van der Waals surface area contributed by atoms with Crippen molar-refractivity contribution in [1.82, 2.24) is 15.2 Å². The third-order valence-electron chi connectivity index (χ3n) is 5.86. The number of hydrogen-bond donors (Lipinski definition) is 1. The molecule has 27 heavy (non-hydrogen) atoms. The monoisotopic (exact) mass is 391 g/mol. The third-order valence-corrected chi connectivity index (χ3v) is 7.07. The van der Waals surface area contributed by atoms with Gasteiger partial charge in [-0.3, -0.25) is 0 Å². The summed E-state index contributed by atoms with van der Waals surface area (Å²) in [7, 11) is 0. The van der Waals surface area contributed by atoms with Gasteiger partial charge < -0.3 is 10.2 Å². The van der Waals surface area contributed by atoms with Crippen molar-refractivity contribution < 1.29 is 13.6 Å². The molecule has 1 aliphatic carbocycles. The van der Waals surface area contributed by atoms with Crippen LogP contribution in [0.15, 0.2) is 36.5 Å². The number of nitrogens with zero attached hydrogens (tertiary/aromatic N) is 2. The number of benzene rings is 1. The highest BCUT2D eigenvalue weighted by atomic mass is 32.1. The Morgan fingerprint density at radius 1 is 1.37 bits per heavy atom. The standard InChI is InChI=1S/C20H23F2N3OS/c1-2-15-12-24-17(27-15)8-10-23-18(26)25-11-9-19(14-6-4-3-5-7-14)16(13-25)20(19,21)22/h3-7,12,16H,2,8-11,13H2,1H3,(H,23,26). The van der Waals surface area contributed by atoms with Crippen molar-refractivity contribution in [1.29, 1.82) is 0 Å². The van der Waals surface area contributed by atoms with E-state index in [0.29, 0.717) is 31.5 Å². The maximum atomic E-state index is 14.6. The lowest BCUT2D eigenvalue weighted by atomic mass is 9.87. The van der Waals surface area contributed by atoms with Gasteiger partial charge in [-0.25, -0.2) is 18.6 Å². The second-order valence-corrected chi connectivity index (χ2v) is 8.46. The summed E-state index contributed by atoms with van der Waals surface area (Å²) in [6, 6.07) is 8.75. The first-order valence-corrected chi connectivity index (χ1v) is 10.2. The van der Waals surface area contributed by atoms with Gasteiger partial charge in [0, 0.05) is 37.1 Å². The Morgan fingerprint density at radius 2 is 2.15 bits per heavy atom. The Balaban J connectivity index is 1.34. The largest absolute Gasteiger partial charge is 0.338 e. The van der Waals surface area contributed by atoms with Gasteiger partial charge in [0.05, 0.1) is 16.3 Å². The van der Waals surface area contributed by atoms with Crippen LogP contribution in [-0.4, -0.2) is 41.5 Å². The molecular weight excluding hydrogens is 368 g/mol. The van der Waals surface area contributed by atoms with E-state index in [1.54, 1.807) is 35.6 Å². The van der Waals surface area contributed by atoms with Crippen molar-refractivity contribution >= 4 is 17.4 Å². The molecule has 0 bridgehead atoms. The summed E-state index contributed by atoms with van der Waals surface area (Å²) in [6.07, 6.45) is 3.79. The van der Waals surface area contributed by atoms with E-state index in [2.05, 4.69) is 17.2 Å². The predicted molar refractivity (Wildman–Crippen MR) is 101 cm³/mol. The van der Waals surface area contributed by atoms with Gasteiger partial charge in [0.15, 0.2) is 0 Å². The summed E-state index contributed by atoms with van der Waals surface area (Å²) < 4.78 is 29.2. The van der Waals surface area contributed by atoms with Gasteiger partial charge in [-0.1, -0.05) is 37.3 Å². The molecule has 1 saturated heterocycles.